The molecule has 2 aliphatic heterocycles. The molecule has 1 saturated carbocycles. The van der Waals surface area contributed by atoms with Gasteiger partial charge in [0.05, 0.1) is 43.3 Å². The fourth-order valence-electron chi connectivity index (χ4n) is 6.43. The quantitative estimate of drug-likeness (QED) is 0.347. The van der Waals surface area contributed by atoms with Crippen molar-refractivity contribution in [3.05, 3.63) is 48.2 Å². The third-order valence-electron chi connectivity index (χ3n) is 8.70. The van der Waals surface area contributed by atoms with Crippen LogP contribution in [0.2, 0.25) is 0 Å². The molecule has 1 aromatic carbocycles. The number of carbonyl (C=O) groups is 1. The molecule has 1 aliphatic carbocycles. The van der Waals surface area contributed by atoms with E-state index < -0.39 is 0 Å². The summed E-state index contributed by atoms with van der Waals surface area (Å²) in [5.74, 6) is 2.28. The molecule has 0 bridgehead atoms. The second-order valence-corrected chi connectivity index (χ2v) is 13.3. The Morgan fingerprint density at radius 1 is 1.14 bits per heavy atom. The van der Waals surface area contributed by atoms with Gasteiger partial charge >= 0.3 is 0 Å². The normalized spacial score (nSPS) is 19.5. The highest BCUT2D eigenvalue weighted by Crippen LogP contribution is 2.36. The minimum atomic E-state index is -0.275. The summed E-state index contributed by atoms with van der Waals surface area (Å²) in [5, 5.41) is 3.30. The number of amides is 1. The topological polar surface area (TPSA) is 115 Å². The summed E-state index contributed by atoms with van der Waals surface area (Å²) in [4.78, 5) is 27.2. The molecule has 3 N–H and O–H groups in total. The van der Waals surface area contributed by atoms with E-state index in [1.54, 1.807) is 6.20 Å². The average molecular weight is 607 g/mol. The first-order valence-corrected chi connectivity index (χ1v) is 16.3. The largest absolute Gasteiger partial charge is 0.439 e. The monoisotopic (exact) mass is 606 g/mol. The van der Waals surface area contributed by atoms with Gasteiger partial charge in [-0.1, -0.05) is 37.5 Å². The maximum atomic E-state index is 13.5. The summed E-state index contributed by atoms with van der Waals surface area (Å²) in [6, 6.07) is 11.6. The van der Waals surface area contributed by atoms with Crippen LogP contribution in [-0.4, -0.2) is 83.8 Å². The van der Waals surface area contributed by atoms with Gasteiger partial charge in [-0.3, -0.25) is 9.69 Å². The Labute approximate surface area is 262 Å². The van der Waals surface area contributed by atoms with Crippen LogP contribution >= 0.6 is 0 Å². The number of fused-ring (bicyclic) bond motifs is 1. The fraction of sp³-hybridized carbons (Fsp3) is 0.618. The Morgan fingerprint density at radius 3 is 2.61 bits per heavy atom. The van der Waals surface area contributed by atoms with Gasteiger partial charge in [-0.15, -0.1) is 0 Å². The standard InChI is InChI=1S/C34H50N6O4/c1-34(2,3)43-24-27(23-39-16-18-42-19-17-39)37-31(41)15-14-30(25-10-6-4-7-11-25)40-22-26-20-32(36-21-29(26)38-33(40)35)44-28-12-8-5-9-13-28/h5,8-9,12-13,20-21,25,27,30H,4,6-7,10-11,14-19,22-24H2,1-3H3,(H2,35,38)(H,37,41)/t27?,30-/m0/s1. The van der Waals surface area contributed by atoms with Crippen LogP contribution in [0.25, 0.3) is 0 Å². The van der Waals surface area contributed by atoms with Crippen LogP contribution in [0.3, 0.4) is 0 Å². The SMILES string of the molecule is CC(C)(C)OCC(CN1CCOCC1)NC(=O)CC[C@@H](C1CCCCC1)N1Cc2cc(Oc3ccccc3)ncc2N=C1N. The zero-order chi connectivity index (χ0) is 30.9. The Hall–Kier alpha value is -3.21. The predicted octanol–water partition coefficient (Wildman–Crippen LogP) is 5.00. The molecule has 0 radical (unpaired) electrons. The lowest BCUT2D eigenvalue weighted by Gasteiger charge is -2.41. The van der Waals surface area contributed by atoms with Crippen LogP contribution in [0.4, 0.5) is 5.69 Å². The molecule has 44 heavy (non-hydrogen) atoms. The molecule has 2 fully saturated rings. The van der Waals surface area contributed by atoms with Crippen LogP contribution < -0.4 is 15.8 Å². The number of hydrogen-bond donors (Lipinski definition) is 2. The summed E-state index contributed by atoms with van der Waals surface area (Å²) >= 11 is 0. The maximum absolute atomic E-state index is 13.5. The smallest absolute Gasteiger partial charge is 0.220 e. The number of carbonyl (C=O) groups excluding carboxylic acids is 1. The third-order valence-corrected chi connectivity index (χ3v) is 8.70. The second-order valence-electron chi connectivity index (χ2n) is 13.3. The molecule has 10 nitrogen and oxygen atoms in total. The number of benzene rings is 1. The van der Waals surface area contributed by atoms with Gasteiger partial charge in [0.25, 0.3) is 0 Å². The first-order chi connectivity index (χ1) is 21.2. The molecule has 1 unspecified atom stereocenters. The van der Waals surface area contributed by atoms with Crippen molar-refractivity contribution in [2.75, 3.05) is 39.5 Å². The number of nitrogens with one attached hydrogen (secondary N) is 1. The molecule has 10 heteroatoms. The first-order valence-electron chi connectivity index (χ1n) is 16.3. The predicted molar refractivity (Wildman–Crippen MR) is 172 cm³/mol. The summed E-state index contributed by atoms with van der Waals surface area (Å²) in [5.41, 5.74) is 8.13. The molecular weight excluding hydrogens is 556 g/mol. The molecule has 3 aliphatic rings. The summed E-state index contributed by atoms with van der Waals surface area (Å²) in [6.07, 6.45) is 8.82. The molecule has 240 valence electrons. The first kappa shape index (κ1) is 32.2. The Balaban J connectivity index is 1.26. The highest BCUT2D eigenvalue weighted by molar-refractivity contribution is 5.84. The van der Waals surface area contributed by atoms with E-state index in [1.165, 1.54) is 19.3 Å². The van der Waals surface area contributed by atoms with E-state index in [2.05, 4.69) is 20.1 Å². The van der Waals surface area contributed by atoms with Crippen molar-refractivity contribution >= 4 is 17.6 Å². The van der Waals surface area contributed by atoms with Crippen LogP contribution in [0.5, 0.6) is 11.6 Å². The van der Waals surface area contributed by atoms with E-state index in [0.29, 0.717) is 43.8 Å². The average Bonchev–Trinajstić information content (AvgIpc) is 3.01. The van der Waals surface area contributed by atoms with Crippen molar-refractivity contribution in [1.82, 2.24) is 20.1 Å². The van der Waals surface area contributed by atoms with Gasteiger partial charge in [-0.05, 0) is 58.1 Å². The Morgan fingerprint density at radius 2 is 1.89 bits per heavy atom. The molecule has 5 rings (SSSR count). The van der Waals surface area contributed by atoms with Gasteiger partial charge < -0.3 is 30.2 Å². The fourth-order valence-corrected chi connectivity index (χ4v) is 6.43. The van der Waals surface area contributed by atoms with Crippen LogP contribution in [0.1, 0.15) is 71.3 Å². The number of nitrogens with zero attached hydrogens (tertiary/aromatic N) is 4. The Bertz CT molecular complexity index is 1240. The molecule has 3 heterocycles. The van der Waals surface area contributed by atoms with Crippen LogP contribution in [-0.2, 0) is 20.8 Å². The van der Waals surface area contributed by atoms with E-state index in [1.807, 2.05) is 57.2 Å². The number of guanidine groups is 1. The highest BCUT2D eigenvalue weighted by Gasteiger charge is 2.33. The Kier molecular flexibility index (Phi) is 11.1. The van der Waals surface area contributed by atoms with Gasteiger partial charge in [0.1, 0.15) is 5.75 Å². The van der Waals surface area contributed by atoms with E-state index in [4.69, 9.17) is 24.9 Å². The van der Waals surface area contributed by atoms with E-state index in [-0.39, 0.29) is 23.6 Å². The van der Waals surface area contributed by atoms with Crippen LogP contribution in [0.15, 0.2) is 47.6 Å². The maximum Gasteiger partial charge on any atom is 0.220 e. The number of para-hydroxylation sites is 1. The summed E-state index contributed by atoms with van der Waals surface area (Å²) in [6.45, 7) is 11.2. The van der Waals surface area contributed by atoms with E-state index in [9.17, 15) is 4.79 Å². The van der Waals surface area contributed by atoms with Gasteiger partial charge in [0, 0.05) is 50.3 Å². The lowest BCUT2D eigenvalue weighted by atomic mass is 9.81. The van der Waals surface area contributed by atoms with Crippen molar-refractivity contribution in [3.8, 4) is 11.6 Å². The van der Waals surface area contributed by atoms with Gasteiger partial charge in [-0.2, -0.15) is 0 Å². The minimum Gasteiger partial charge on any atom is -0.439 e. The van der Waals surface area contributed by atoms with Crippen molar-refractivity contribution in [1.29, 1.82) is 0 Å². The highest BCUT2D eigenvalue weighted by atomic mass is 16.5. The molecule has 2 atom stereocenters. The van der Waals surface area contributed by atoms with Gasteiger partial charge in [0.15, 0.2) is 5.96 Å². The molecular formula is C34H50N6O4. The molecule has 0 spiro atoms. The summed E-state index contributed by atoms with van der Waals surface area (Å²) in [7, 11) is 0. The zero-order valence-electron chi connectivity index (χ0n) is 26.7. The number of ether oxygens (including phenoxy) is 3. The van der Waals surface area contributed by atoms with Crippen LogP contribution in [0, 0.1) is 5.92 Å². The van der Waals surface area contributed by atoms with Crippen molar-refractivity contribution in [2.24, 2.45) is 16.6 Å². The summed E-state index contributed by atoms with van der Waals surface area (Å²) < 4.78 is 17.7. The van der Waals surface area contributed by atoms with Gasteiger partial charge in [-0.25, -0.2) is 9.98 Å². The third kappa shape index (κ3) is 9.39. The van der Waals surface area contributed by atoms with E-state index >= 15 is 0 Å². The van der Waals surface area contributed by atoms with E-state index in [0.717, 1.165) is 62.7 Å². The zero-order valence-corrected chi connectivity index (χ0v) is 26.7. The number of rotatable bonds is 12. The number of hydrogen-bond acceptors (Lipinski definition) is 9. The van der Waals surface area contributed by atoms with Crippen molar-refractivity contribution < 1.29 is 19.0 Å². The molecule has 1 amide bonds. The number of nitrogens with two attached hydrogens (primary N) is 1. The van der Waals surface area contributed by atoms with Gasteiger partial charge in [0.2, 0.25) is 11.8 Å². The number of aliphatic imine (C=N–C) groups is 1. The lowest BCUT2D eigenvalue weighted by Crippen LogP contribution is -2.51. The van der Waals surface area contributed by atoms with Crippen molar-refractivity contribution in [3.63, 3.8) is 0 Å². The lowest BCUT2D eigenvalue weighted by molar-refractivity contribution is -0.123. The second kappa shape index (κ2) is 15.2. The number of morpholine rings is 1. The molecule has 2 aromatic rings. The molecule has 1 saturated heterocycles. The minimum absolute atomic E-state index is 0.0530. The van der Waals surface area contributed by atoms with Crippen molar-refractivity contribution in [2.45, 2.75) is 89.9 Å². The number of aromatic nitrogens is 1. The number of pyridine rings is 1. The molecule has 1 aromatic heterocycles.